The van der Waals surface area contributed by atoms with Crippen molar-refractivity contribution in [3.8, 4) is 0 Å². The van der Waals surface area contributed by atoms with Crippen LogP contribution in [0.1, 0.15) is 31.3 Å². The number of amides is 1. The molecule has 0 saturated carbocycles. The molecule has 0 unspecified atom stereocenters. The van der Waals surface area contributed by atoms with Crippen LogP contribution in [0, 0.1) is 5.92 Å². The van der Waals surface area contributed by atoms with Crippen molar-refractivity contribution in [1.82, 2.24) is 9.88 Å². The van der Waals surface area contributed by atoms with Crippen molar-refractivity contribution >= 4 is 23.2 Å². The molecule has 1 heterocycles. The lowest BCUT2D eigenvalue weighted by atomic mass is 10.2. The van der Waals surface area contributed by atoms with Crippen LogP contribution in [0.4, 0.5) is 0 Å². The summed E-state index contributed by atoms with van der Waals surface area (Å²) in [6.07, 6.45) is 0. The molecule has 0 atom stereocenters. The standard InChI is InChI=1S/C12H18N2O3S/c1-4-17-11(15)6-14(5-9(2)3)12(16)10-7-18-8-13-10/h7-9H,4-6H2,1-3H3. The molecule has 1 aromatic heterocycles. The molecule has 6 heteroatoms. The van der Waals surface area contributed by atoms with Gasteiger partial charge in [0.25, 0.3) is 5.91 Å². The first-order chi connectivity index (χ1) is 8.54. The molecule has 0 aliphatic rings. The van der Waals surface area contributed by atoms with Gasteiger partial charge in [-0.05, 0) is 12.8 Å². The molecule has 0 N–H and O–H groups in total. The average molecular weight is 270 g/mol. The number of nitrogens with zero attached hydrogens (tertiary/aromatic N) is 2. The molecule has 0 aromatic carbocycles. The highest BCUT2D eigenvalue weighted by atomic mass is 32.1. The van der Waals surface area contributed by atoms with E-state index in [4.69, 9.17) is 4.74 Å². The maximum atomic E-state index is 12.1. The number of thiazole rings is 1. The van der Waals surface area contributed by atoms with E-state index >= 15 is 0 Å². The molecule has 0 saturated heterocycles. The minimum atomic E-state index is -0.387. The van der Waals surface area contributed by atoms with E-state index in [2.05, 4.69) is 4.98 Å². The summed E-state index contributed by atoms with van der Waals surface area (Å²) >= 11 is 1.36. The molecule has 0 aliphatic carbocycles. The predicted octanol–water partition coefficient (Wildman–Crippen LogP) is 1.80. The number of carbonyl (C=O) groups excluding carboxylic acids is 2. The van der Waals surface area contributed by atoms with Crippen molar-refractivity contribution in [3.63, 3.8) is 0 Å². The maximum absolute atomic E-state index is 12.1. The highest BCUT2D eigenvalue weighted by Gasteiger charge is 2.21. The molecule has 1 aromatic rings. The summed E-state index contributed by atoms with van der Waals surface area (Å²) in [4.78, 5) is 29.1. The Kier molecular flexibility index (Phi) is 5.77. The third-order valence-electron chi connectivity index (χ3n) is 2.15. The van der Waals surface area contributed by atoms with Crippen LogP contribution in [0.2, 0.25) is 0 Å². The third kappa shape index (κ3) is 4.44. The Bertz CT molecular complexity index is 390. The monoisotopic (exact) mass is 270 g/mol. The van der Waals surface area contributed by atoms with Gasteiger partial charge in [-0.15, -0.1) is 11.3 Å². The van der Waals surface area contributed by atoms with E-state index in [0.717, 1.165) is 0 Å². The van der Waals surface area contributed by atoms with Gasteiger partial charge in [-0.25, -0.2) is 4.98 Å². The number of carbonyl (C=O) groups is 2. The topological polar surface area (TPSA) is 59.5 Å². The molecule has 0 fully saturated rings. The average Bonchev–Trinajstić information content (AvgIpc) is 2.80. The number of esters is 1. The van der Waals surface area contributed by atoms with Gasteiger partial charge in [-0.1, -0.05) is 13.8 Å². The van der Waals surface area contributed by atoms with E-state index in [1.807, 2.05) is 13.8 Å². The number of rotatable bonds is 6. The Hall–Kier alpha value is -1.43. The largest absolute Gasteiger partial charge is 0.465 e. The van der Waals surface area contributed by atoms with Gasteiger partial charge in [0.15, 0.2) is 0 Å². The smallest absolute Gasteiger partial charge is 0.325 e. The third-order valence-corrected chi connectivity index (χ3v) is 2.74. The zero-order valence-corrected chi connectivity index (χ0v) is 11.7. The SMILES string of the molecule is CCOC(=O)CN(CC(C)C)C(=O)c1cscn1. The molecule has 5 nitrogen and oxygen atoms in total. The first-order valence-corrected chi connectivity index (χ1v) is 6.82. The van der Waals surface area contributed by atoms with Gasteiger partial charge in [0, 0.05) is 11.9 Å². The minimum absolute atomic E-state index is 0.0254. The lowest BCUT2D eigenvalue weighted by molar-refractivity contribution is -0.143. The first-order valence-electron chi connectivity index (χ1n) is 5.87. The summed E-state index contributed by atoms with van der Waals surface area (Å²) in [6.45, 7) is 6.53. The molecule has 0 radical (unpaired) electrons. The molecule has 18 heavy (non-hydrogen) atoms. The van der Waals surface area contributed by atoms with E-state index < -0.39 is 0 Å². The van der Waals surface area contributed by atoms with Crippen LogP contribution in [-0.2, 0) is 9.53 Å². The maximum Gasteiger partial charge on any atom is 0.325 e. The van der Waals surface area contributed by atoms with Crippen LogP contribution in [0.15, 0.2) is 10.9 Å². The van der Waals surface area contributed by atoms with Crippen LogP contribution in [0.25, 0.3) is 0 Å². The van der Waals surface area contributed by atoms with Gasteiger partial charge in [0.1, 0.15) is 12.2 Å². The Labute approximate surface area is 111 Å². The molecule has 100 valence electrons. The Balaban J connectivity index is 2.71. The van der Waals surface area contributed by atoms with E-state index in [0.29, 0.717) is 18.8 Å². The minimum Gasteiger partial charge on any atom is -0.465 e. The number of hydrogen-bond acceptors (Lipinski definition) is 5. The molecule has 1 rings (SSSR count). The van der Waals surface area contributed by atoms with E-state index in [9.17, 15) is 9.59 Å². The molecule has 0 aliphatic heterocycles. The number of aromatic nitrogens is 1. The summed E-state index contributed by atoms with van der Waals surface area (Å²) in [5.74, 6) is -0.332. The zero-order valence-electron chi connectivity index (χ0n) is 10.9. The second kappa shape index (κ2) is 7.10. The number of hydrogen-bond donors (Lipinski definition) is 0. The lowest BCUT2D eigenvalue weighted by Gasteiger charge is -2.22. The first kappa shape index (κ1) is 14.6. The van der Waals surface area contributed by atoms with Gasteiger partial charge in [-0.2, -0.15) is 0 Å². The highest BCUT2D eigenvalue weighted by Crippen LogP contribution is 2.08. The fraction of sp³-hybridized carbons (Fsp3) is 0.583. The second-order valence-corrected chi connectivity index (χ2v) is 4.98. The molecular formula is C12H18N2O3S. The molecule has 0 spiro atoms. The van der Waals surface area contributed by atoms with Crippen molar-refractivity contribution in [1.29, 1.82) is 0 Å². The van der Waals surface area contributed by atoms with Crippen molar-refractivity contribution in [2.75, 3.05) is 19.7 Å². The second-order valence-electron chi connectivity index (χ2n) is 4.26. The van der Waals surface area contributed by atoms with Crippen molar-refractivity contribution in [2.45, 2.75) is 20.8 Å². The van der Waals surface area contributed by atoms with Crippen molar-refractivity contribution in [3.05, 3.63) is 16.6 Å². The lowest BCUT2D eigenvalue weighted by Crippen LogP contribution is -2.39. The molecular weight excluding hydrogens is 252 g/mol. The highest BCUT2D eigenvalue weighted by molar-refractivity contribution is 7.07. The fourth-order valence-corrected chi connectivity index (χ4v) is 2.03. The Morgan fingerprint density at radius 3 is 2.72 bits per heavy atom. The van der Waals surface area contributed by atoms with Gasteiger partial charge in [0.05, 0.1) is 12.1 Å². The van der Waals surface area contributed by atoms with E-state index in [1.54, 1.807) is 17.8 Å². The van der Waals surface area contributed by atoms with Gasteiger partial charge < -0.3 is 9.64 Å². The summed E-state index contributed by atoms with van der Waals surface area (Å²) in [7, 11) is 0. The van der Waals surface area contributed by atoms with Crippen molar-refractivity contribution < 1.29 is 14.3 Å². The Morgan fingerprint density at radius 2 is 2.22 bits per heavy atom. The Morgan fingerprint density at radius 1 is 1.50 bits per heavy atom. The zero-order chi connectivity index (χ0) is 13.5. The summed E-state index contributed by atoms with van der Waals surface area (Å²) in [5.41, 5.74) is 1.98. The van der Waals surface area contributed by atoms with Gasteiger partial charge in [0.2, 0.25) is 0 Å². The predicted molar refractivity (Wildman–Crippen MR) is 69.5 cm³/mol. The van der Waals surface area contributed by atoms with Gasteiger partial charge in [-0.3, -0.25) is 9.59 Å². The van der Waals surface area contributed by atoms with E-state index in [-0.39, 0.29) is 24.3 Å². The van der Waals surface area contributed by atoms with Crippen LogP contribution >= 0.6 is 11.3 Å². The molecule has 0 bridgehead atoms. The van der Waals surface area contributed by atoms with Gasteiger partial charge >= 0.3 is 5.97 Å². The molecule has 1 amide bonds. The summed E-state index contributed by atoms with van der Waals surface area (Å²) < 4.78 is 4.87. The fourth-order valence-electron chi connectivity index (χ4n) is 1.50. The van der Waals surface area contributed by atoms with Crippen LogP contribution < -0.4 is 0 Å². The van der Waals surface area contributed by atoms with Crippen molar-refractivity contribution in [2.24, 2.45) is 5.92 Å². The summed E-state index contributed by atoms with van der Waals surface area (Å²) in [5, 5.41) is 1.68. The van der Waals surface area contributed by atoms with Crippen LogP contribution in [0.5, 0.6) is 0 Å². The summed E-state index contributed by atoms with van der Waals surface area (Å²) in [6, 6.07) is 0. The number of ether oxygens (including phenoxy) is 1. The van der Waals surface area contributed by atoms with Crippen LogP contribution in [-0.4, -0.2) is 41.5 Å². The van der Waals surface area contributed by atoms with E-state index in [1.165, 1.54) is 16.2 Å². The van der Waals surface area contributed by atoms with Crippen LogP contribution in [0.3, 0.4) is 0 Å². The normalized spacial score (nSPS) is 10.4. The quantitative estimate of drug-likeness (QED) is 0.740.